The van der Waals surface area contributed by atoms with Crippen molar-refractivity contribution in [1.82, 2.24) is 15.6 Å². The number of aromatic nitrogens is 1. The third-order valence-corrected chi connectivity index (χ3v) is 8.36. The average Bonchev–Trinajstić information content (AvgIpc) is 3.59. The Morgan fingerprint density at radius 2 is 1.69 bits per heavy atom. The second kappa shape index (κ2) is 15.0. The Balaban J connectivity index is 1.42. The van der Waals surface area contributed by atoms with Crippen LogP contribution < -0.4 is 15.4 Å². The molecule has 0 bridgehead atoms. The predicted octanol–water partition coefficient (Wildman–Crippen LogP) is 6.82. The highest BCUT2D eigenvalue weighted by Gasteiger charge is 2.24. The van der Waals surface area contributed by atoms with E-state index in [0.29, 0.717) is 23.4 Å². The number of amides is 1. The van der Waals surface area contributed by atoms with Gasteiger partial charge in [-0.05, 0) is 71.5 Å². The largest absolute Gasteiger partial charge is 0.496 e. The first-order chi connectivity index (χ1) is 21.8. The van der Waals surface area contributed by atoms with E-state index in [9.17, 15) is 18.7 Å². The van der Waals surface area contributed by atoms with E-state index in [4.69, 9.17) is 4.74 Å². The number of methoxy groups -OCH3 is 1. The van der Waals surface area contributed by atoms with Crippen LogP contribution in [0.5, 0.6) is 5.75 Å². The maximum atomic E-state index is 14.1. The van der Waals surface area contributed by atoms with Gasteiger partial charge in [0.05, 0.1) is 19.3 Å². The summed E-state index contributed by atoms with van der Waals surface area (Å²) in [6.45, 7) is 2.74. The van der Waals surface area contributed by atoms with Crippen LogP contribution in [0.3, 0.4) is 0 Å². The van der Waals surface area contributed by atoms with Crippen LogP contribution in [0.15, 0.2) is 96.5 Å². The molecule has 2 atom stereocenters. The molecular formula is C36H35F2N3O3S. The minimum absolute atomic E-state index is 0.0140. The fourth-order valence-corrected chi connectivity index (χ4v) is 5.90. The second-order valence-corrected chi connectivity index (χ2v) is 11.7. The lowest BCUT2D eigenvalue weighted by Gasteiger charge is -2.25. The van der Waals surface area contributed by atoms with Gasteiger partial charge in [-0.1, -0.05) is 49.4 Å². The Bertz CT molecular complexity index is 1730. The molecule has 0 saturated carbocycles. The standard InChI is InChI=1S/C36H35F2N3O3S/c1-3-23-7-6-8-24(13-23)21-39-22-33(42)32(16-25-14-29(37)20-30(38)15-25)41-35(43)27-17-26(31-9-4-5-10-34(31)44-2)18-28(19-27)36-40-11-12-45-36/h4-15,17-20,32-33,39,42H,3,16,21-22H2,1-2H3,(H,41,43)/t32-,33+/m0/s1. The quantitative estimate of drug-likeness (QED) is 0.134. The molecule has 5 rings (SSSR count). The lowest BCUT2D eigenvalue weighted by molar-refractivity contribution is 0.0830. The monoisotopic (exact) mass is 627 g/mol. The van der Waals surface area contributed by atoms with Gasteiger partial charge < -0.3 is 20.5 Å². The second-order valence-electron chi connectivity index (χ2n) is 10.8. The number of aliphatic hydroxyl groups is 1. The molecule has 0 aliphatic carbocycles. The first-order valence-electron chi connectivity index (χ1n) is 14.7. The molecule has 1 heterocycles. The molecule has 45 heavy (non-hydrogen) atoms. The van der Waals surface area contributed by atoms with Gasteiger partial charge in [0.15, 0.2) is 0 Å². The summed E-state index contributed by atoms with van der Waals surface area (Å²) in [4.78, 5) is 18.3. The number of carbonyl (C=O) groups is 1. The molecule has 0 radical (unpaired) electrons. The summed E-state index contributed by atoms with van der Waals surface area (Å²) in [5.74, 6) is -1.24. The molecule has 0 spiro atoms. The number of para-hydroxylation sites is 1. The number of aliphatic hydroxyl groups excluding tert-OH is 1. The highest BCUT2D eigenvalue weighted by molar-refractivity contribution is 7.13. The van der Waals surface area contributed by atoms with E-state index in [-0.39, 0.29) is 13.0 Å². The minimum Gasteiger partial charge on any atom is -0.496 e. The highest BCUT2D eigenvalue weighted by Crippen LogP contribution is 2.34. The van der Waals surface area contributed by atoms with Gasteiger partial charge in [0, 0.05) is 47.4 Å². The summed E-state index contributed by atoms with van der Waals surface area (Å²) >= 11 is 1.45. The van der Waals surface area contributed by atoms with Gasteiger partial charge in [0.1, 0.15) is 22.4 Å². The van der Waals surface area contributed by atoms with Gasteiger partial charge >= 0.3 is 0 Å². The van der Waals surface area contributed by atoms with Gasteiger partial charge in [-0.2, -0.15) is 0 Å². The van der Waals surface area contributed by atoms with Crippen LogP contribution in [0.4, 0.5) is 8.78 Å². The zero-order valence-electron chi connectivity index (χ0n) is 25.1. The zero-order valence-corrected chi connectivity index (χ0v) is 25.9. The molecule has 5 aromatic rings. The van der Waals surface area contributed by atoms with Gasteiger partial charge in [0.2, 0.25) is 0 Å². The Kier molecular flexibility index (Phi) is 10.7. The molecule has 9 heteroatoms. The summed E-state index contributed by atoms with van der Waals surface area (Å²) in [6, 6.07) is 23.5. The van der Waals surface area contributed by atoms with E-state index in [2.05, 4.69) is 34.7 Å². The van der Waals surface area contributed by atoms with Gasteiger partial charge in [0.25, 0.3) is 5.91 Å². The van der Waals surface area contributed by atoms with Crippen molar-refractivity contribution in [2.75, 3.05) is 13.7 Å². The van der Waals surface area contributed by atoms with Crippen molar-refractivity contribution in [2.45, 2.75) is 38.5 Å². The number of aryl methyl sites for hydroxylation is 1. The minimum atomic E-state index is -1.06. The Hall–Kier alpha value is -4.44. The molecule has 0 unspecified atom stereocenters. The van der Waals surface area contributed by atoms with Crippen LogP contribution >= 0.6 is 11.3 Å². The fraction of sp³-hybridized carbons (Fsp3) is 0.222. The van der Waals surface area contributed by atoms with Crippen molar-refractivity contribution in [1.29, 1.82) is 0 Å². The SMILES string of the molecule is CCc1cccc(CNC[C@@H](O)[C@H](Cc2cc(F)cc(F)c2)NC(=O)c2cc(-c3nccs3)cc(-c3ccccc3OC)c2)c1. The summed E-state index contributed by atoms with van der Waals surface area (Å²) in [5.41, 5.74) is 5.24. The maximum Gasteiger partial charge on any atom is 0.251 e. The molecule has 6 nitrogen and oxygen atoms in total. The van der Waals surface area contributed by atoms with E-state index in [0.717, 1.165) is 39.7 Å². The zero-order chi connectivity index (χ0) is 31.8. The van der Waals surface area contributed by atoms with Crippen molar-refractivity contribution in [3.05, 3.63) is 130 Å². The predicted molar refractivity (Wildman–Crippen MR) is 174 cm³/mol. The van der Waals surface area contributed by atoms with Crippen LogP contribution in [0.2, 0.25) is 0 Å². The number of nitrogens with one attached hydrogen (secondary N) is 2. The third kappa shape index (κ3) is 8.39. The lowest BCUT2D eigenvalue weighted by Crippen LogP contribution is -2.48. The van der Waals surface area contributed by atoms with Crippen molar-refractivity contribution in [2.24, 2.45) is 0 Å². The Morgan fingerprint density at radius 3 is 2.42 bits per heavy atom. The average molecular weight is 628 g/mol. The number of nitrogens with zero attached hydrogens (tertiary/aromatic N) is 1. The topological polar surface area (TPSA) is 83.5 Å². The van der Waals surface area contributed by atoms with Crippen LogP contribution in [-0.4, -0.2) is 41.8 Å². The third-order valence-electron chi connectivity index (χ3n) is 7.53. The molecule has 0 aliphatic rings. The van der Waals surface area contributed by atoms with Crippen LogP contribution in [0.25, 0.3) is 21.7 Å². The van der Waals surface area contributed by atoms with Gasteiger partial charge in [-0.3, -0.25) is 4.79 Å². The number of rotatable bonds is 13. The van der Waals surface area contributed by atoms with Crippen molar-refractivity contribution in [3.8, 4) is 27.4 Å². The number of thiazole rings is 1. The Labute approximate surface area is 265 Å². The molecular weight excluding hydrogens is 592 g/mol. The van der Waals surface area contributed by atoms with E-state index in [1.165, 1.54) is 29.0 Å². The number of ether oxygens (including phenoxy) is 1. The normalized spacial score (nSPS) is 12.5. The maximum absolute atomic E-state index is 14.1. The first-order valence-corrected chi connectivity index (χ1v) is 15.6. The van der Waals surface area contributed by atoms with Gasteiger partial charge in [-0.15, -0.1) is 11.3 Å². The molecule has 4 aromatic carbocycles. The van der Waals surface area contributed by atoms with E-state index < -0.39 is 29.7 Å². The molecule has 232 valence electrons. The van der Waals surface area contributed by atoms with Gasteiger partial charge in [-0.25, -0.2) is 13.8 Å². The number of carbonyl (C=O) groups excluding carboxylic acids is 1. The van der Waals surface area contributed by atoms with E-state index in [1.54, 1.807) is 25.4 Å². The summed E-state index contributed by atoms with van der Waals surface area (Å²) < 4.78 is 33.8. The van der Waals surface area contributed by atoms with Crippen molar-refractivity contribution >= 4 is 17.2 Å². The summed E-state index contributed by atoms with van der Waals surface area (Å²) in [7, 11) is 1.59. The van der Waals surface area contributed by atoms with Crippen LogP contribution in [0, 0.1) is 11.6 Å². The first kappa shape index (κ1) is 32.0. The van der Waals surface area contributed by atoms with Crippen molar-refractivity contribution < 1.29 is 23.4 Å². The summed E-state index contributed by atoms with van der Waals surface area (Å²) in [5, 5.41) is 20.1. The van der Waals surface area contributed by atoms with E-state index in [1.807, 2.05) is 47.8 Å². The van der Waals surface area contributed by atoms with E-state index >= 15 is 0 Å². The smallest absolute Gasteiger partial charge is 0.251 e. The molecule has 1 aromatic heterocycles. The van der Waals surface area contributed by atoms with Crippen LogP contribution in [-0.2, 0) is 19.4 Å². The number of hydrogen-bond acceptors (Lipinski definition) is 6. The molecule has 0 saturated heterocycles. The highest BCUT2D eigenvalue weighted by atomic mass is 32.1. The van der Waals surface area contributed by atoms with Crippen LogP contribution in [0.1, 0.15) is 34.0 Å². The Morgan fingerprint density at radius 1 is 0.933 bits per heavy atom. The number of benzene rings is 4. The lowest BCUT2D eigenvalue weighted by atomic mass is 9.97. The molecule has 1 amide bonds. The number of hydrogen-bond donors (Lipinski definition) is 3. The number of halogens is 2. The molecule has 0 aliphatic heterocycles. The van der Waals surface area contributed by atoms with Crippen molar-refractivity contribution in [3.63, 3.8) is 0 Å². The molecule has 3 N–H and O–H groups in total. The summed E-state index contributed by atoms with van der Waals surface area (Å²) in [6.07, 6.45) is 1.56. The fourth-order valence-electron chi connectivity index (χ4n) is 5.27. The molecule has 0 fully saturated rings.